The van der Waals surface area contributed by atoms with Crippen LogP contribution in [-0.2, 0) is 4.79 Å². The van der Waals surface area contributed by atoms with Gasteiger partial charge < -0.3 is 5.32 Å². The third-order valence-corrected chi connectivity index (χ3v) is 4.92. The van der Waals surface area contributed by atoms with Crippen LogP contribution in [0.15, 0.2) is 22.8 Å². The molecule has 0 radical (unpaired) electrons. The second-order valence-corrected chi connectivity index (χ2v) is 6.55. The van der Waals surface area contributed by atoms with E-state index in [0.717, 1.165) is 4.47 Å². The lowest BCUT2D eigenvalue weighted by atomic mass is 10.0. The Morgan fingerprint density at radius 3 is 2.41 bits per heavy atom. The summed E-state index contributed by atoms with van der Waals surface area (Å²) in [6.07, 6.45) is 1.67. The van der Waals surface area contributed by atoms with Crippen LogP contribution < -0.4 is 5.32 Å². The highest BCUT2D eigenvalue weighted by Crippen LogP contribution is 2.68. The van der Waals surface area contributed by atoms with Gasteiger partial charge in [-0.1, -0.05) is 27.7 Å². The molecule has 3 nitrogen and oxygen atoms in total. The molecule has 0 spiro atoms. The highest BCUT2D eigenvalue weighted by molar-refractivity contribution is 9.10. The maximum atomic E-state index is 12.2. The Kier molecular flexibility index (Phi) is 2.81. The monoisotopic (exact) mass is 296 g/mol. The minimum atomic E-state index is 0.0453. The summed E-state index contributed by atoms with van der Waals surface area (Å²) < 4.78 is 0.810. The molecule has 1 aliphatic carbocycles. The van der Waals surface area contributed by atoms with Crippen molar-refractivity contribution in [2.24, 2.45) is 16.7 Å². The fourth-order valence-electron chi connectivity index (χ4n) is 2.52. The van der Waals surface area contributed by atoms with E-state index in [4.69, 9.17) is 0 Å². The summed E-state index contributed by atoms with van der Waals surface area (Å²) in [7, 11) is 0. The zero-order chi connectivity index (χ0) is 12.8. The van der Waals surface area contributed by atoms with Crippen molar-refractivity contribution in [1.82, 2.24) is 4.98 Å². The summed E-state index contributed by atoms with van der Waals surface area (Å²) in [5.41, 5.74) is 0.108. The number of carbonyl (C=O) groups excluding carboxylic acids is 1. The molecule has 17 heavy (non-hydrogen) atoms. The van der Waals surface area contributed by atoms with Gasteiger partial charge in [-0.25, -0.2) is 4.98 Å². The van der Waals surface area contributed by atoms with Gasteiger partial charge in [0.05, 0.1) is 4.47 Å². The van der Waals surface area contributed by atoms with Crippen LogP contribution in [-0.4, -0.2) is 10.9 Å². The number of pyridine rings is 1. The van der Waals surface area contributed by atoms with Crippen molar-refractivity contribution in [3.05, 3.63) is 22.8 Å². The predicted octanol–water partition coefficient (Wildman–Crippen LogP) is 3.46. The summed E-state index contributed by atoms with van der Waals surface area (Å²) in [6, 6.07) is 3.69. The Balaban J connectivity index is 2.13. The molecule has 4 heteroatoms. The maximum absolute atomic E-state index is 12.2. The number of hydrogen-bond donors (Lipinski definition) is 1. The molecule has 0 atom stereocenters. The van der Waals surface area contributed by atoms with Gasteiger partial charge in [-0.15, -0.1) is 0 Å². The Morgan fingerprint density at radius 2 is 1.94 bits per heavy atom. The van der Waals surface area contributed by atoms with Crippen LogP contribution in [0.2, 0.25) is 0 Å². The molecular weight excluding hydrogens is 280 g/mol. The number of carbonyl (C=O) groups is 1. The van der Waals surface area contributed by atoms with Crippen LogP contribution in [0.1, 0.15) is 27.7 Å². The summed E-state index contributed by atoms with van der Waals surface area (Å²) >= 11 is 3.37. The van der Waals surface area contributed by atoms with Crippen molar-refractivity contribution in [2.75, 3.05) is 5.32 Å². The van der Waals surface area contributed by atoms with Gasteiger partial charge in [-0.2, -0.15) is 0 Å². The molecular formula is C13H17BrN2O. The van der Waals surface area contributed by atoms with E-state index in [2.05, 4.69) is 53.9 Å². The van der Waals surface area contributed by atoms with E-state index in [1.54, 1.807) is 6.20 Å². The van der Waals surface area contributed by atoms with Crippen LogP contribution in [0, 0.1) is 16.7 Å². The van der Waals surface area contributed by atoms with Crippen LogP contribution in [0.25, 0.3) is 0 Å². The molecule has 1 aromatic heterocycles. The number of hydrogen-bond acceptors (Lipinski definition) is 2. The first-order valence-electron chi connectivity index (χ1n) is 5.70. The molecule has 1 aromatic rings. The highest BCUT2D eigenvalue weighted by atomic mass is 79.9. The number of anilines is 1. The first kappa shape index (κ1) is 12.6. The minimum absolute atomic E-state index is 0.0453. The average molecular weight is 297 g/mol. The predicted molar refractivity (Wildman–Crippen MR) is 71.6 cm³/mol. The lowest BCUT2D eigenvalue weighted by Crippen LogP contribution is -2.18. The van der Waals surface area contributed by atoms with Gasteiger partial charge in [0.15, 0.2) is 0 Å². The van der Waals surface area contributed by atoms with Gasteiger partial charge in [-0.3, -0.25) is 4.79 Å². The molecule has 1 aliphatic rings. The van der Waals surface area contributed by atoms with Crippen molar-refractivity contribution < 1.29 is 4.79 Å². The first-order chi connectivity index (χ1) is 7.78. The number of halogens is 1. The SMILES string of the molecule is CC1(C)C(C(=O)Nc2ncccc2Br)C1(C)C. The molecule has 1 fully saturated rings. The third kappa shape index (κ3) is 1.88. The third-order valence-electron chi connectivity index (χ3n) is 4.28. The van der Waals surface area contributed by atoms with Crippen molar-refractivity contribution in [3.63, 3.8) is 0 Å². The maximum Gasteiger partial charge on any atom is 0.229 e. The van der Waals surface area contributed by atoms with Gasteiger partial charge in [0.1, 0.15) is 5.82 Å². The number of nitrogens with one attached hydrogen (secondary N) is 1. The van der Waals surface area contributed by atoms with E-state index in [0.29, 0.717) is 5.82 Å². The zero-order valence-electron chi connectivity index (χ0n) is 10.5. The molecule has 0 aliphatic heterocycles. The second kappa shape index (κ2) is 3.80. The molecule has 1 heterocycles. The summed E-state index contributed by atoms with van der Waals surface area (Å²) in [6.45, 7) is 8.52. The van der Waals surface area contributed by atoms with Gasteiger partial charge in [0.25, 0.3) is 0 Å². The normalized spacial score (nSPS) is 21.0. The molecule has 0 saturated heterocycles. The van der Waals surface area contributed by atoms with Gasteiger partial charge in [0, 0.05) is 12.1 Å². The lowest BCUT2D eigenvalue weighted by Gasteiger charge is -2.06. The molecule has 1 amide bonds. The van der Waals surface area contributed by atoms with Crippen molar-refractivity contribution in [2.45, 2.75) is 27.7 Å². The number of rotatable bonds is 2. The molecule has 0 aromatic carbocycles. The Hall–Kier alpha value is -0.900. The molecule has 1 N–H and O–H groups in total. The fraction of sp³-hybridized carbons (Fsp3) is 0.538. The first-order valence-corrected chi connectivity index (χ1v) is 6.49. The van der Waals surface area contributed by atoms with Gasteiger partial charge in [0.2, 0.25) is 5.91 Å². The summed E-state index contributed by atoms with van der Waals surface area (Å²) in [5.74, 6) is 0.694. The fourth-order valence-corrected chi connectivity index (χ4v) is 2.87. The average Bonchev–Trinajstić information content (AvgIpc) is 2.61. The van der Waals surface area contributed by atoms with Crippen molar-refractivity contribution in [1.29, 1.82) is 0 Å². The Bertz CT molecular complexity index is 454. The Morgan fingerprint density at radius 1 is 1.35 bits per heavy atom. The van der Waals surface area contributed by atoms with E-state index in [1.165, 1.54) is 0 Å². The van der Waals surface area contributed by atoms with E-state index < -0.39 is 0 Å². The number of aromatic nitrogens is 1. The standard InChI is InChI=1S/C13H17BrN2O/c1-12(2)9(13(12,3)4)11(17)16-10-8(14)6-5-7-15-10/h5-7,9H,1-4H3,(H,15,16,17). The number of nitrogens with zero attached hydrogens (tertiary/aromatic N) is 1. The van der Waals surface area contributed by atoms with E-state index in [9.17, 15) is 4.79 Å². The molecule has 2 rings (SSSR count). The topological polar surface area (TPSA) is 42.0 Å². The van der Waals surface area contributed by atoms with Crippen LogP contribution in [0.4, 0.5) is 5.82 Å². The van der Waals surface area contributed by atoms with Gasteiger partial charge in [-0.05, 0) is 38.9 Å². The minimum Gasteiger partial charge on any atom is -0.309 e. The summed E-state index contributed by atoms with van der Waals surface area (Å²) in [5, 5.41) is 2.89. The lowest BCUT2D eigenvalue weighted by molar-refractivity contribution is -0.118. The van der Waals surface area contributed by atoms with Crippen LogP contribution in [0.5, 0.6) is 0 Å². The quantitative estimate of drug-likeness (QED) is 0.908. The molecule has 0 bridgehead atoms. The van der Waals surface area contributed by atoms with E-state index in [1.807, 2.05) is 12.1 Å². The van der Waals surface area contributed by atoms with Gasteiger partial charge >= 0.3 is 0 Å². The van der Waals surface area contributed by atoms with E-state index in [-0.39, 0.29) is 22.7 Å². The molecule has 0 unspecified atom stereocenters. The summed E-state index contributed by atoms with van der Waals surface area (Å²) in [4.78, 5) is 16.3. The highest BCUT2D eigenvalue weighted by Gasteiger charge is 2.68. The second-order valence-electron chi connectivity index (χ2n) is 5.70. The van der Waals surface area contributed by atoms with Crippen molar-refractivity contribution >= 4 is 27.7 Å². The largest absolute Gasteiger partial charge is 0.309 e. The smallest absolute Gasteiger partial charge is 0.229 e. The van der Waals surface area contributed by atoms with E-state index >= 15 is 0 Å². The molecule has 1 saturated carbocycles. The Labute approximate surface area is 110 Å². The van der Waals surface area contributed by atoms with Crippen LogP contribution in [0.3, 0.4) is 0 Å². The zero-order valence-corrected chi connectivity index (χ0v) is 12.1. The number of amides is 1. The van der Waals surface area contributed by atoms with Crippen molar-refractivity contribution in [3.8, 4) is 0 Å². The molecule has 92 valence electrons. The van der Waals surface area contributed by atoms with Crippen LogP contribution >= 0.6 is 15.9 Å².